The van der Waals surface area contributed by atoms with Crippen molar-refractivity contribution in [2.45, 2.75) is 232 Å². The van der Waals surface area contributed by atoms with Crippen LogP contribution < -0.4 is 15.8 Å². The van der Waals surface area contributed by atoms with Crippen LogP contribution in [0, 0.1) is 0 Å². The highest BCUT2D eigenvalue weighted by Gasteiger charge is 2.14. The molecule has 0 aromatic heterocycles. The summed E-state index contributed by atoms with van der Waals surface area (Å²) in [5, 5.41) is 6.55. The lowest BCUT2D eigenvalue weighted by Crippen LogP contribution is -2.32. The summed E-state index contributed by atoms with van der Waals surface area (Å²) in [6.07, 6.45) is 50.2. The lowest BCUT2D eigenvalue weighted by molar-refractivity contribution is 0.529. The van der Waals surface area contributed by atoms with Crippen LogP contribution in [-0.2, 0) is 6.42 Å². The summed E-state index contributed by atoms with van der Waals surface area (Å²) in [5.41, 5.74) is 8.36. The maximum atomic E-state index is 3.77. The van der Waals surface area contributed by atoms with Crippen LogP contribution in [0.4, 0.5) is 11.4 Å². The molecule has 3 aromatic rings. The standard InChI is InChI=1S/C56H87N/c1-3-5-7-9-11-13-15-17-19-21-23-25-27-29-31-33-40-49-41-35-37-43-51(49)52(53-45-39-47-56-54(53)48-50-42-36-38-46-55(50)57-56)44-34-32-30-28-26-24-22-20-18-16-14-12-10-8-6-4-2/h35-39,41-43,45-48,57H,3-34,40,44H2,1-2H3. The van der Waals surface area contributed by atoms with Crippen molar-refractivity contribution < 1.29 is 0 Å². The SMILES string of the molecule is CCCCCCCCCCCCCCCCCCC(c1ccccc1CCCCCCCCCCCCCCCCCC)=c1cccc2c1=Cc1ccccc1N2. The molecule has 1 nitrogen and oxygen atoms in total. The number of anilines is 2. The zero-order valence-electron chi connectivity index (χ0n) is 37.5. The highest BCUT2D eigenvalue weighted by Crippen LogP contribution is 2.27. The van der Waals surface area contributed by atoms with Gasteiger partial charge in [0.15, 0.2) is 0 Å². The molecule has 1 heteroatoms. The van der Waals surface area contributed by atoms with E-state index in [1.165, 1.54) is 245 Å². The van der Waals surface area contributed by atoms with Crippen LogP contribution in [-0.4, -0.2) is 0 Å². The molecule has 1 N–H and O–H groups in total. The Morgan fingerprint density at radius 2 is 0.807 bits per heavy atom. The first-order chi connectivity index (χ1) is 28.3. The van der Waals surface area contributed by atoms with Gasteiger partial charge in [-0.2, -0.15) is 0 Å². The number of unbranched alkanes of at least 4 members (excludes halogenated alkanes) is 30. The summed E-state index contributed by atoms with van der Waals surface area (Å²) in [6.45, 7) is 4.62. The van der Waals surface area contributed by atoms with Crippen molar-refractivity contribution in [2.75, 3.05) is 5.32 Å². The van der Waals surface area contributed by atoms with Gasteiger partial charge in [-0.3, -0.25) is 0 Å². The molecule has 0 saturated carbocycles. The van der Waals surface area contributed by atoms with Crippen molar-refractivity contribution >= 4 is 23.0 Å². The first-order valence-electron chi connectivity index (χ1n) is 25.1. The van der Waals surface area contributed by atoms with E-state index < -0.39 is 0 Å². The predicted octanol–water partition coefficient (Wildman–Crippen LogP) is 17.2. The van der Waals surface area contributed by atoms with Crippen molar-refractivity contribution in [1.29, 1.82) is 0 Å². The van der Waals surface area contributed by atoms with Gasteiger partial charge in [0.05, 0.1) is 0 Å². The maximum Gasteiger partial charge on any atom is 0.0464 e. The fraction of sp³-hybridized carbons (Fsp3) is 0.643. The highest BCUT2D eigenvalue weighted by molar-refractivity contribution is 5.80. The Kier molecular flexibility index (Phi) is 25.6. The summed E-state index contributed by atoms with van der Waals surface area (Å²) < 4.78 is 0. The molecule has 1 heterocycles. The minimum Gasteiger partial charge on any atom is -0.355 e. The molecule has 0 atom stereocenters. The number of benzene rings is 3. The van der Waals surface area contributed by atoms with Crippen molar-refractivity contribution in [3.8, 4) is 0 Å². The quantitative estimate of drug-likeness (QED) is 0.0459. The van der Waals surface area contributed by atoms with Crippen LogP contribution >= 0.6 is 0 Å². The van der Waals surface area contributed by atoms with E-state index >= 15 is 0 Å². The molecule has 1 aliphatic rings. The van der Waals surface area contributed by atoms with Crippen molar-refractivity contribution in [3.05, 3.63) is 93.9 Å². The summed E-state index contributed by atoms with van der Waals surface area (Å²) in [4.78, 5) is 0. The lowest BCUT2D eigenvalue weighted by Gasteiger charge is -2.19. The average molecular weight is 774 g/mol. The molecule has 0 fully saturated rings. The largest absolute Gasteiger partial charge is 0.355 e. The average Bonchev–Trinajstić information content (AvgIpc) is 3.24. The molecular weight excluding hydrogens is 687 g/mol. The predicted molar refractivity (Wildman–Crippen MR) is 255 cm³/mol. The lowest BCUT2D eigenvalue weighted by atomic mass is 9.89. The molecule has 0 aliphatic carbocycles. The van der Waals surface area contributed by atoms with E-state index in [0.29, 0.717) is 0 Å². The second-order valence-corrected chi connectivity index (χ2v) is 17.9. The molecule has 316 valence electrons. The van der Waals surface area contributed by atoms with Crippen LogP contribution in [0.5, 0.6) is 0 Å². The Labute approximate surface area is 353 Å². The summed E-state index contributed by atoms with van der Waals surface area (Å²) in [6, 6.07) is 25.1. The van der Waals surface area contributed by atoms with Gasteiger partial charge in [0, 0.05) is 16.6 Å². The van der Waals surface area contributed by atoms with Crippen molar-refractivity contribution in [1.82, 2.24) is 0 Å². The molecule has 3 aromatic carbocycles. The first-order valence-corrected chi connectivity index (χ1v) is 25.1. The molecule has 4 rings (SSSR count). The van der Waals surface area contributed by atoms with Crippen molar-refractivity contribution in [3.63, 3.8) is 0 Å². The van der Waals surface area contributed by atoms with E-state index in [1.54, 1.807) is 11.1 Å². The van der Waals surface area contributed by atoms with E-state index in [2.05, 4.69) is 92.0 Å². The normalized spacial score (nSPS) is 12.5. The Balaban J connectivity index is 1.23. The van der Waals surface area contributed by atoms with Gasteiger partial charge in [0.2, 0.25) is 0 Å². The Morgan fingerprint density at radius 3 is 1.33 bits per heavy atom. The minimum absolute atomic E-state index is 1.15. The van der Waals surface area contributed by atoms with Crippen LogP contribution in [0.1, 0.15) is 242 Å². The van der Waals surface area contributed by atoms with Gasteiger partial charge in [-0.25, -0.2) is 0 Å². The topological polar surface area (TPSA) is 12.0 Å². The molecule has 0 amide bonds. The Hall–Kier alpha value is -2.80. The third kappa shape index (κ3) is 19.2. The first kappa shape index (κ1) is 46.9. The van der Waals surface area contributed by atoms with Gasteiger partial charge < -0.3 is 5.32 Å². The second-order valence-electron chi connectivity index (χ2n) is 17.9. The third-order valence-corrected chi connectivity index (χ3v) is 12.9. The smallest absolute Gasteiger partial charge is 0.0464 e. The van der Waals surface area contributed by atoms with Crippen LogP contribution in [0.2, 0.25) is 0 Å². The zero-order chi connectivity index (χ0) is 39.9. The number of aryl methyl sites for hydroxylation is 1. The van der Waals surface area contributed by atoms with Gasteiger partial charge >= 0.3 is 0 Å². The summed E-state index contributed by atoms with van der Waals surface area (Å²) in [7, 11) is 0. The van der Waals surface area contributed by atoms with Gasteiger partial charge in [0.25, 0.3) is 0 Å². The van der Waals surface area contributed by atoms with E-state index in [1.807, 2.05) is 0 Å². The molecule has 0 unspecified atom stereocenters. The molecule has 0 radical (unpaired) electrons. The van der Waals surface area contributed by atoms with E-state index in [4.69, 9.17) is 0 Å². The van der Waals surface area contributed by atoms with Gasteiger partial charge in [-0.15, -0.1) is 0 Å². The maximum absolute atomic E-state index is 3.77. The van der Waals surface area contributed by atoms with Crippen LogP contribution in [0.25, 0.3) is 11.6 Å². The monoisotopic (exact) mass is 774 g/mol. The van der Waals surface area contributed by atoms with E-state index in [9.17, 15) is 0 Å². The number of hydrogen-bond acceptors (Lipinski definition) is 1. The fourth-order valence-corrected chi connectivity index (χ4v) is 9.29. The van der Waals surface area contributed by atoms with Gasteiger partial charge in [0.1, 0.15) is 0 Å². The number of rotatable bonds is 35. The number of hydrogen-bond donors (Lipinski definition) is 1. The van der Waals surface area contributed by atoms with E-state index in [-0.39, 0.29) is 0 Å². The zero-order valence-corrected chi connectivity index (χ0v) is 37.5. The Bertz CT molecular complexity index is 1560. The summed E-state index contributed by atoms with van der Waals surface area (Å²) >= 11 is 0. The molecule has 0 bridgehead atoms. The van der Waals surface area contributed by atoms with Gasteiger partial charge in [-0.05, 0) is 71.4 Å². The van der Waals surface area contributed by atoms with E-state index in [0.717, 1.165) is 6.42 Å². The molecular formula is C56H87N. The third-order valence-electron chi connectivity index (χ3n) is 12.9. The molecule has 0 saturated heterocycles. The number of para-hydroxylation sites is 1. The Morgan fingerprint density at radius 1 is 0.386 bits per heavy atom. The number of fused-ring (bicyclic) bond motifs is 2. The fourth-order valence-electron chi connectivity index (χ4n) is 9.29. The molecule has 1 aliphatic heterocycles. The van der Waals surface area contributed by atoms with Crippen molar-refractivity contribution in [2.24, 2.45) is 0 Å². The van der Waals surface area contributed by atoms with Crippen LogP contribution in [0.3, 0.4) is 0 Å². The molecule has 57 heavy (non-hydrogen) atoms. The minimum atomic E-state index is 1.15. The summed E-state index contributed by atoms with van der Waals surface area (Å²) in [5.74, 6) is 0. The molecule has 0 spiro atoms. The van der Waals surface area contributed by atoms with Crippen LogP contribution in [0.15, 0.2) is 66.7 Å². The highest BCUT2D eigenvalue weighted by atomic mass is 14.9. The van der Waals surface area contributed by atoms with Gasteiger partial charge in [-0.1, -0.05) is 261 Å². The number of nitrogens with one attached hydrogen (secondary N) is 1. The second kappa shape index (κ2) is 31.2.